The second-order valence-electron chi connectivity index (χ2n) is 10.3. The summed E-state index contributed by atoms with van der Waals surface area (Å²) in [5.41, 5.74) is -2.98. The molecule has 2 heterocycles. The number of nitrogens with zero attached hydrogens (tertiary/aromatic N) is 3. The molecule has 1 N–H and O–H groups in total. The molecule has 1 unspecified atom stereocenters. The van der Waals surface area contributed by atoms with Crippen LogP contribution in [-0.2, 0) is 12.1 Å². The van der Waals surface area contributed by atoms with E-state index in [1.165, 1.54) is 0 Å². The molecule has 11 heteroatoms. The van der Waals surface area contributed by atoms with Crippen molar-refractivity contribution >= 4 is 5.91 Å². The summed E-state index contributed by atoms with van der Waals surface area (Å²) in [6, 6.07) is 12.5. The Hall–Kier alpha value is -3.44. The number of carbonyl (C=O) groups is 1. The van der Waals surface area contributed by atoms with Gasteiger partial charge in [-0.05, 0) is 58.9 Å². The van der Waals surface area contributed by atoms with E-state index < -0.39 is 23.5 Å². The van der Waals surface area contributed by atoms with Crippen molar-refractivity contribution in [1.82, 2.24) is 14.8 Å². The number of piperazine rings is 1. The van der Waals surface area contributed by atoms with Crippen LogP contribution in [0.25, 0.3) is 11.1 Å². The SMILES string of the molecule is CCC(C)c1cc(C(=O)N2CCN(Cc3ccncc3)CC2)ccc1-c1ccc(C(O)(C(F)(F)F)C(F)(F)F)cc1. The molecule has 0 radical (unpaired) electrons. The van der Waals surface area contributed by atoms with Crippen LogP contribution in [0, 0.1) is 0 Å². The quantitative estimate of drug-likeness (QED) is 0.324. The van der Waals surface area contributed by atoms with Crippen LogP contribution >= 0.6 is 0 Å². The van der Waals surface area contributed by atoms with Gasteiger partial charge in [0.2, 0.25) is 0 Å². The molecule has 220 valence electrons. The van der Waals surface area contributed by atoms with Gasteiger partial charge in [0, 0.05) is 56.2 Å². The number of aromatic nitrogens is 1. The normalized spacial score (nSPS) is 16.1. The molecule has 41 heavy (non-hydrogen) atoms. The zero-order valence-electron chi connectivity index (χ0n) is 22.6. The number of benzene rings is 2. The lowest BCUT2D eigenvalue weighted by molar-refractivity contribution is -0.376. The van der Waals surface area contributed by atoms with E-state index in [1.807, 2.05) is 26.0 Å². The molecular formula is C30H31F6N3O2. The third-order valence-electron chi connectivity index (χ3n) is 7.69. The summed E-state index contributed by atoms with van der Waals surface area (Å²) in [5.74, 6) is -0.183. The summed E-state index contributed by atoms with van der Waals surface area (Å²) in [5, 5.41) is 9.71. The molecule has 1 amide bonds. The molecule has 1 fully saturated rings. The van der Waals surface area contributed by atoms with Crippen molar-refractivity contribution in [3.05, 3.63) is 89.2 Å². The summed E-state index contributed by atoms with van der Waals surface area (Å²) in [4.78, 5) is 21.4. The van der Waals surface area contributed by atoms with E-state index in [4.69, 9.17) is 0 Å². The van der Waals surface area contributed by atoms with Crippen molar-refractivity contribution < 1.29 is 36.2 Å². The molecule has 1 atom stereocenters. The van der Waals surface area contributed by atoms with Crippen molar-refractivity contribution in [3.8, 4) is 11.1 Å². The minimum absolute atomic E-state index is 0.0445. The summed E-state index contributed by atoms with van der Waals surface area (Å²) in [6.07, 6.45) is -7.74. The molecule has 4 rings (SSSR count). The monoisotopic (exact) mass is 579 g/mol. The number of aliphatic hydroxyl groups is 1. The minimum Gasteiger partial charge on any atom is -0.369 e. The van der Waals surface area contributed by atoms with Crippen molar-refractivity contribution in [2.24, 2.45) is 0 Å². The number of rotatable bonds is 7. The second-order valence-corrected chi connectivity index (χ2v) is 10.3. The summed E-state index contributed by atoms with van der Waals surface area (Å²) < 4.78 is 79.8. The number of amides is 1. The van der Waals surface area contributed by atoms with E-state index in [9.17, 15) is 36.2 Å². The van der Waals surface area contributed by atoms with E-state index in [0.717, 1.165) is 29.8 Å². The lowest BCUT2D eigenvalue weighted by Gasteiger charge is -2.35. The Bertz CT molecular complexity index is 1320. The van der Waals surface area contributed by atoms with Crippen molar-refractivity contribution in [3.63, 3.8) is 0 Å². The standard InChI is InChI=1S/C30H31F6N3O2/c1-3-20(2)26-18-23(27(40)39-16-14-38(15-17-39)19-21-10-12-37-13-11-21)6-9-25(26)22-4-7-24(8-5-22)28(41,29(31,32)33)30(34,35)36/h4-13,18,20,41H,3,14-17,19H2,1-2H3. The van der Waals surface area contributed by atoms with Gasteiger partial charge in [0.15, 0.2) is 0 Å². The predicted molar refractivity (Wildman–Crippen MR) is 142 cm³/mol. The number of hydrogen-bond donors (Lipinski definition) is 1. The Morgan fingerprint density at radius 3 is 2.02 bits per heavy atom. The van der Waals surface area contributed by atoms with Crippen LogP contribution in [0.5, 0.6) is 0 Å². The van der Waals surface area contributed by atoms with Gasteiger partial charge in [0.1, 0.15) is 0 Å². The van der Waals surface area contributed by atoms with Gasteiger partial charge in [-0.15, -0.1) is 0 Å². The smallest absolute Gasteiger partial charge is 0.369 e. The van der Waals surface area contributed by atoms with Crippen LogP contribution in [0.1, 0.15) is 53.2 Å². The van der Waals surface area contributed by atoms with Gasteiger partial charge in [-0.1, -0.05) is 44.2 Å². The molecule has 1 aromatic heterocycles. The summed E-state index contributed by atoms with van der Waals surface area (Å²) >= 11 is 0. The number of alkyl halides is 6. The molecule has 0 bridgehead atoms. The topological polar surface area (TPSA) is 56.7 Å². The zero-order chi connectivity index (χ0) is 30.0. The Kier molecular flexibility index (Phi) is 8.79. The maximum atomic E-state index is 13.4. The van der Waals surface area contributed by atoms with Gasteiger partial charge in [-0.2, -0.15) is 26.3 Å². The Morgan fingerprint density at radius 2 is 1.49 bits per heavy atom. The van der Waals surface area contributed by atoms with Crippen LogP contribution < -0.4 is 0 Å². The van der Waals surface area contributed by atoms with Gasteiger partial charge in [-0.25, -0.2) is 0 Å². The van der Waals surface area contributed by atoms with E-state index in [-0.39, 0.29) is 11.8 Å². The molecule has 0 aliphatic carbocycles. The lowest BCUT2D eigenvalue weighted by Crippen LogP contribution is -2.53. The molecule has 3 aromatic rings. The number of hydrogen-bond acceptors (Lipinski definition) is 4. The molecule has 0 spiro atoms. The van der Waals surface area contributed by atoms with Gasteiger partial charge in [0.05, 0.1) is 0 Å². The highest BCUT2D eigenvalue weighted by atomic mass is 19.4. The number of carbonyl (C=O) groups excluding carboxylic acids is 1. The molecule has 1 aliphatic rings. The number of halogens is 6. The molecule has 5 nitrogen and oxygen atoms in total. The highest BCUT2D eigenvalue weighted by Crippen LogP contribution is 2.50. The van der Waals surface area contributed by atoms with Gasteiger partial charge < -0.3 is 10.0 Å². The highest BCUT2D eigenvalue weighted by molar-refractivity contribution is 5.95. The minimum atomic E-state index is -5.96. The van der Waals surface area contributed by atoms with Crippen molar-refractivity contribution in [2.45, 2.75) is 50.7 Å². The zero-order valence-corrected chi connectivity index (χ0v) is 22.6. The first-order valence-electron chi connectivity index (χ1n) is 13.3. The van der Waals surface area contributed by atoms with Crippen LogP contribution in [0.15, 0.2) is 67.0 Å². The fourth-order valence-corrected chi connectivity index (χ4v) is 5.00. The van der Waals surface area contributed by atoms with Crippen molar-refractivity contribution in [2.75, 3.05) is 26.2 Å². The number of pyridine rings is 1. The third kappa shape index (κ3) is 6.25. The van der Waals surface area contributed by atoms with Gasteiger partial charge >= 0.3 is 12.4 Å². The van der Waals surface area contributed by atoms with Crippen LogP contribution in [-0.4, -0.2) is 64.3 Å². The van der Waals surface area contributed by atoms with Crippen LogP contribution in [0.2, 0.25) is 0 Å². The molecule has 0 saturated carbocycles. The first-order valence-corrected chi connectivity index (χ1v) is 13.3. The molecular weight excluding hydrogens is 548 g/mol. The Morgan fingerprint density at radius 1 is 0.902 bits per heavy atom. The maximum absolute atomic E-state index is 13.4. The largest absolute Gasteiger partial charge is 0.430 e. The summed E-state index contributed by atoms with van der Waals surface area (Å²) in [6.45, 7) is 7.16. The van der Waals surface area contributed by atoms with E-state index in [0.29, 0.717) is 61.4 Å². The molecule has 1 aliphatic heterocycles. The second kappa shape index (κ2) is 11.8. The van der Waals surface area contributed by atoms with Crippen LogP contribution in [0.3, 0.4) is 0 Å². The van der Waals surface area contributed by atoms with Crippen LogP contribution in [0.4, 0.5) is 26.3 Å². The average Bonchev–Trinajstić information content (AvgIpc) is 2.95. The van der Waals surface area contributed by atoms with E-state index in [1.54, 1.807) is 35.5 Å². The van der Waals surface area contributed by atoms with Gasteiger partial charge in [-0.3, -0.25) is 14.7 Å². The maximum Gasteiger partial charge on any atom is 0.430 e. The van der Waals surface area contributed by atoms with Crippen molar-refractivity contribution in [1.29, 1.82) is 0 Å². The van der Waals surface area contributed by atoms with E-state index >= 15 is 0 Å². The first-order chi connectivity index (χ1) is 19.3. The Labute approximate surface area is 234 Å². The molecule has 2 aromatic carbocycles. The lowest BCUT2D eigenvalue weighted by atomic mass is 9.86. The van der Waals surface area contributed by atoms with E-state index in [2.05, 4.69) is 9.88 Å². The third-order valence-corrected chi connectivity index (χ3v) is 7.69. The summed E-state index contributed by atoms with van der Waals surface area (Å²) in [7, 11) is 0. The van der Waals surface area contributed by atoms with Gasteiger partial charge in [0.25, 0.3) is 11.5 Å². The highest BCUT2D eigenvalue weighted by Gasteiger charge is 2.71. The Balaban J connectivity index is 1.55. The first kappa shape index (κ1) is 30.5. The molecule has 1 saturated heterocycles. The fourth-order valence-electron chi connectivity index (χ4n) is 5.00. The fraction of sp³-hybridized carbons (Fsp3) is 0.400. The average molecular weight is 580 g/mol. The predicted octanol–water partition coefficient (Wildman–Crippen LogP) is 6.53.